The molecule has 0 saturated heterocycles. The van der Waals surface area contributed by atoms with Crippen molar-refractivity contribution in [2.75, 3.05) is 6.61 Å². The van der Waals surface area contributed by atoms with E-state index in [1.54, 1.807) is 6.08 Å². The molecule has 0 aliphatic rings. The van der Waals surface area contributed by atoms with Crippen LogP contribution in [0, 0.1) is 0 Å². The second-order valence-electron chi connectivity index (χ2n) is 4.86. The van der Waals surface area contributed by atoms with E-state index in [4.69, 9.17) is 4.74 Å². The van der Waals surface area contributed by atoms with Gasteiger partial charge in [0.1, 0.15) is 0 Å². The summed E-state index contributed by atoms with van der Waals surface area (Å²) >= 11 is 0. The molecule has 19 heavy (non-hydrogen) atoms. The van der Waals surface area contributed by atoms with Crippen LogP contribution in [0.25, 0.3) is 0 Å². The fourth-order valence-corrected chi connectivity index (χ4v) is 1.75. The van der Waals surface area contributed by atoms with Crippen LogP contribution >= 0.6 is 0 Å². The number of esters is 1. The first kappa shape index (κ1) is 17.9. The highest BCUT2D eigenvalue weighted by atomic mass is 16.5. The van der Waals surface area contributed by atoms with Crippen LogP contribution in [-0.4, -0.2) is 12.6 Å². The van der Waals surface area contributed by atoms with E-state index in [1.165, 1.54) is 38.2 Å². The van der Waals surface area contributed by atoms with E-state index in [9.17, 15) is 4.79 Å². The zero-order chi connectivity index (χ0) is 14.2. The first-order valence-electron chi connectivity index (χ1n) is 7.81. The smallest absolute Gasteiger partial charge is 0.330 e. The molecule has 0 aliphatic carbocycles. The summed E-state index contributed by atoms with van der Waals surface area (Å²) in [5, 5.41) is 0. The van der Waals surface area contributed by atoms with Gasteiger partial charge in [-0.2, -0.15) is 0 Å². The zero-order valence-electron chi connectivity index (χ0n) is 12.7. The fourth-order valence-electron chi connectivity index (χ4n) is 1.75. The van der Waals surface area contributed by atoms with Crippen molar-refractivity contribution >= 4 is 5.97 Å². The third kappa shape index (κ3) is 14.9. The van der Waals surface area contributed by atoms with Gasteiger partial charge in [0.15, 0.2) is 0 Å². The maximum atomic E-state index is 11.3. The highest BCUT2D eigenvalue weighted by Gasteiger charge is 1.94. The molecule has 0 aromatic rings. The van der Waals surface area contributed by atoms with Gasteiger partial charge in [0, 0.05) is 6.08 Å². The van der Waals surface area contributed by atoms with Gasteiger partial charge in [0.05, 0.1) is 6.61 Å². The molecule has 0 rings (SSSR count). The molecule has 0 aromatic heterocycles. The zero-order valence-corrected chi connectivity index (χ0v) is 12.7. The normalized spacial score (nSPS) is 11.5. The lowest BCUT2D eigenvalue weighted by Crippen LogP contribution is -2.01. The molecule has 0 bridgehead atoms. The van der Waals surface area contributed by atoms with E-state index >= 15 is 0 Å². The van der Waals surface area contributed by atoms with Crippen molar-refractivity contribution in [2.24, 2.45) is 0 Å². The molecule has 110 valence electrons. The van der Waals surface area contributed by atoms with Gasteiger partial charge < -0.3 is 4.74 Å². The molecule has 0 aliphatic heterocycles. The van der Waals surface area contributed by atoms with E-state index < -0.39 is 0 Å². The Kier molecular flexibility index (Phi) is 14.2. The Hall–Kier alpha value is -1.05. The molecule has 0 fully saturated rings. The summed E-state index contributed by atoms with van der Waals surface area (Å²) in [6.45, 7) is 4.90. The Morgan fingerprint density at radius 1 is 0.895 bits per heavy atom. The van der Waals surface area contributed by atoms with Gasteiger partial charge in [0.25, 0.3) is 0 Å². The third-order valence-corrected chi connectivity index (χ3v) is 2.95. The van der Waals surface area contributed by atoms with Crippen LogP contribution in [0.15, 0.2) is 24.3 Å². The van der Waals surface area contributed by atoms with Crippen LogP contribution < -0.4 is 0 Å². The molecule has 0 radical (unpaired) electrons. The number of hydrogen-bond donors (Lipinski definition) is 0. The van der Waals surface area contributed by atoms with Crippen molar-refractivity contribution in [1.29, 1.82) is 0 Å². The van der Waals surface area contributed by atoms with Crippen molar-refractivity contribution in [1.82, 2.24) is 0 Å². The minimum Gasteiger partial charge on any atom is -0.463 e. The fraction of sp³-hybridized carbons (Fsp3) is 0.706. The molecule has 0 spiro atoms. The summed E-state index contributed by atoms with van der Waals surface area (Å²) in [5.41, 5.74) is 0. The summed E-state index contributed by atoms with van der Waals surface area (Å²) in [6.07, 6.45) is 18.2. The van der Waals surface area contributed by atoms with E-state index in [0.717, 1.165) is 25.7 Å². The lowest BCUT2D eigenvalue weighted by Gasteiger charge is -1.99. The lowest BCUT2D eigenvalue weighted by atomic mass is 10.1. The van der Waals surface area contributed by atoms with E-state index in [1.807, 2.05) is 6.08 Å². The van der Waals surface area contributed by atoms with Crippen molar-refractivity contribution in [3.63, 3.8) is 0 Å². The molecule has 2 heteroatoms. The first-order valence-corrected chi connectivity index (χ1v) is 7.81. The van der Waals surface area contributed by atoms with E-state index in [0.29, 0.717) is 6.61 Å². The topological polar surface area (TPSA) is 26.3 Å². The average molecular weight is 266 g/mol. The van der Waals surface area contributed by atoms with Crippen LogP contribution in [0.3, 0.4) is 0 Å². The van der Waals surface area contributed by atoms with Crippen molar-refractivity contribution in [3.05, 3.63) is 24.3 Å². The molecule has 0 heterocycles. The van der Waals surface area contributed by atoms with Gasteiger partial charge in [0.2, 0.25) is 0 Å². The number of unbranched alkanes of at least 4 members (excludes halogenated alkanes) is 7. The maximum Gasteiger partial charge on any atom is 0.330 e. The Morgan fingerprint density at radius 2 is 1.58 bits per heavy atom. The second-order valence-corrected chi connectivity index (χ2v) is 4.86. The molecule has 0 N–H and O–H groups in total. The number of carbonyl (C=O) groups is 1. The van der Waals surface area contributed by atoms with Gasteiger partial charge >= 0.3 is 5.97 Å². The Morgan fingerprint density at radius 3 is 2.32 bits per heavy atom. The minimum atomic E-state index is -0.233. The van der Waals surface area contributed by atoms with Gasteiger partial charge in [-0.25, -0.2) is 4.79 Å². The first-order chi connectivity index (χ1) is 9.31. The van der Waals surface area contributed by atoms with E-state index in [-0.39, 0.29) is 5.97 Å². The van der Waals surface area contributed by atoms with E-state index in [2.05, 4.69) is 19.9 Å². The summed E-state index contributed by atoms with van der Waals surface area (Å²) < 4.78 is 5.06. The minimum absolute atomic E-state index is 0.233. The quantitative estimate of drug-likeness (QED) is 0.210. The van der Waals surface area contributed by atoms with Crippen LogP contribution in [0.2, 0.25) is 0 Å². The van der Waals surface area contributed by atoms with Crippen molar-refractivity contribution in [2.45, 2.75) is 71.6 Å². The lowest BCUT2D eigenvalue weighted by molar-refractivity contribution is -0.137. The van der Waals surface area contributed by atoms with Crippen LogP contribution in [0.4, 0.5) is 0 Å². The largest absolute Gasteiger partial charge is 0.463 e. The Bertz CT molecular complexity index is 254. The standard InChI is InChI=1S/C17H30O2/c1-3-5-7-8-9-10-11-12-13-15-17(18)19-16-14-6-4-2/h11-13,15H,3-10,14,16H2,1-2H3/b12-11+,15-13+. The molecular weight excluding hydrogens is 236 g/mol. The molecule has 0 aromatic carbocycles. The van der Waals surface area contributed by atoms with Crippen molar-refractivity contribution < 1.29 is 9.53 Å². The number of allylic oxidation sites excluding steroid dienone is 3. The van der Waals surface area contributed by atoms with Gasteiger partial charge in [-0.1, -0.05) is 70.6 Å². The molecule has 0 amide bonds. The van der Waals surface area contributed by atoms with Crippen LogP contribution in [0.5, 0.6) is 0 Å². The summed E-state index contributed by atoms with van der Waals surface area (Å²) in [6, 6.07) is 0. The molecule has 0 saturated carbocycles. The molecule has 2 nitrogen and oxygen atoms in total. The predicted molar refractivity (Wildman–Crippen MR) is 82.1 cm³/mol. The number of hydrogen-bond acceptors (Lipinski definition) is 2. The molecule has 0 unspecified atom stereocenters. The Balaban J connectivity index is 3.41. The van der Waals surface area contributed by atoms with Crippen LogP contribution in [-0.2, 0) is 9.53 Å². The van der Waals surface area contributed by atoms with Gasteiger partial charge in [-0.15, -0.1) is 0 Å². The van der Waals surface area contributed by atoms with Crippen LogP contribution in [0.1, 0.15) is 71.6 Å². The maximum absolute atomic E-state index is 11.3. The number of ether oxygens (including phenoxy) is 1. The number of rotatable bonds is 12. The third-order valence-electron chi connectivity index (χ3n) is 2.95. The highest BCUT2D eigenvalue weighted by molar-refractivity contribution is 5.82. The molecule has 0 atom stereocenters. The summed E-state index contributed by atoms with van der Waals surface area (Å²) in [5.74, 6) is -0.233. The highest BCUT2D eigenvalue weighted by Crippen LogP contribution is 2.05. The molecular formula is C17H30O2. The SMILES string of the molecule is CCCCCCC/C=C/C=C/C(=O)OCCCCC. The monoisotopic (exact) mass is 266 g/mol. The summed E-state index contributed by atoms with van der Waals surface area (Å²) in [7, 11) is 0. The summed E-state index contributed by atoms with van der Waals surface area (Å²) in [4.78, 5) is 11.3. The Labute approximate surface area is 118 Å². The van der Waals surface area contributed by atoms with Crippen molar-refractivity contribution in [3.8, 4) is 0 Å². The number of carbonyl (C=O) groups excluding carboxylic acids is 1. The van der Waals surface area contributed by atoms with Gasteiger partial charge in [-0.3, -0.25) is 0 Å². The second kappa shape index (κ2) is 15.0. The average Bonchev–Trinajstić information content (AvgIpc) is 2.42. The predicted octanol–water partition coefficient (Wildman–Crippen LogP) is 5.19. The van der Waals surface area contributed by atoms with Gasteiger partial charge in [-0.05, 0) is 19.3 Å².